The third kappa shape index (κ3) is 4.23. The van der Waals surface area contributed by atoms with Gasteiger partial charge in [0.25, 0.3) is 0 Å². The quantitative estimate of drug-likeness (QED) is 0.739. The Kier molecular flexibility index (Phi) is 5.70. The van der Waals surface area contributed by atoms with Crippen molar-refractivity contribution in [2.75, 3.05) is 6.54 Å². The van der Waals surface area contributed by atoms with E-state index in [0.717, 1.165) is 19.0 Å². The van der Waals surface area contributed by atoms with E-state index in [1.807, 2.05) is 0 Å². The van der Waals surface area contributed by atoms with Gasteiger partial charge in [0.1, 0.15) is 0 Å². The van der Waals surface area contributed by atoms with Crippen LogP contribution < -0.4 is 5.73 Å². The molecule has 0 bridgehead atoms. The number of aliphatic imine (C=N–C) groups is 1. The number of nitrogens with zero attached hydrogens (tertiary/aromatic N) is 2. The van der Waals surface area contributed by atoms with Gasteiger partial charge in [-0.25, -0.2) is 0 Å². The van der Waals surface area contributed by atoms with Crippen LogP contribution in [0.15, 0.2) is 22.5 Å². The van der Waals surface area contributed by atoms with E-state index in [-0.39, 0.29) is 0 Å². The van der Waals surface area contributed by atoms with Crippen molar-refractivity contribution in [1.29, 1.82) is 0 Å². The Bertz CT molecular complexity index is 386. The van der Waals surface area contributed by atoms with Gasteiger partial charge in [-0.05, 0) is 17.9 Å². The van der Waals surface area contributed by atoms with Crippen molar-refractivity contribution in [1.82, 2.24) is 4.90 Å². The number of unbranched alkanes of at least 4 members (excludes halogenated alkanes) is 4. The summed E-state index contributed by atoms with van der Waals surface area (Å²) in [5.74, 6) is 0.729. The average molecular weight is 279 g/mol. The second kappa shape index (κ2) is 7.53. The fourth-order valence-electron chi connectivity index (χ4n) is 2.59. The summed E-state index contributed by atoms with van der Waals surface area (Å²) in [6, 6.07) is 4.79. The zero-order valence-electron chi connectivity index (χ0n) is 11.8. The molecule has 0 saturated carbocycles. The van der Waals surface area contributed by atoms with Gasteiger partial charge in [0.2, 0.25) is 0 Å². The van der Waals surface area contributed by atoms with E-state index in [0.29, 0.717) is 6.04 Å². The minimum absolute atomic E-state index is 0.517. The van der Waals surface area contributed by atoms with Crippen LogP contribution in [0, 0.1) is 0 Å². The predicted octanol–water partition coefficient (Wildman–Crippen LogP) is 3.61. The summed E-state index contributed by atoms with van der Waals surface area (Å²) in [6.45, 7) is 4.06. The molecule has 2 rings (SSSR count). The van der Waals surface area contributed by atoms with Crippen molar-refractivity contribution >= 4 is 17.3 Å². The molecular weight excluding hydrogens is 254 g/mol. The molecule has 3 nitrogen and oxygen atoms in total. The smallest absolute Gasteiger partial charge is 0.191 e. The van der Waals surface area contributed by atoms with Gasteiger partial charge in [-0.2, -0.15) is 0 Å². The second-order valence-electron chi connectivity index (χ2n) is 5.26. The van der Waals surface area contributed by atoms with Gasteiger partial charge in [0.05, 0.1) is 19.1 Å². The number of guanidine groups is 1. The van der Waals surface area contributed by atoms with Crippen molar-refractivity contribution in [3.63, 3.8) is 0 Å². The Morgan fingerprint density at radius 1 is 1.37 bits per heavy atom. The lowest BCUT2D eigenvalue weighted by atomic mass is 10.1. The molecule has 1 aliphatic heterocycles. The van der Waals surface area contributed by atoms with E-state index in [1.54, 1.807) is 11.3 Å². The van der Waals surface area contributed by atoms with Gasteiger partial charge >= 0.3 is 0 Å². The summed E-state index contributed by atoms with van der Waals surface area (Å²) in [6.07, 6.45) is 7.90. The van der Waals surface area contributed by atoms with E-state index in [4.69, 9.17) is 5.73 Å². The van der Waals surface area contributed by atoms with Crippen molar-refractivity contribution in [2.45, 2.75) is 58.0 Å². The minimum atomic E-state index is 0.517. The van der Waals surface area contributed by atoms with Gasteiger partial charge < -0.3 is 10.6 Å². The van der Waals surface area contributed by atoms with Crippen molar-refractivity contribution in [3.05, 3.63) is 22.4 Å². The number of rotatable bonds is 8. The Morgan fingerprint density at radius 3 is 2.95 bits per heavy atom. The molecule has 1 aromatic heterocycles. The second-order valence-corrected chi connectivity index (χ2v) is 6.30. The zero-order valence-corrected chi connectivity index (χ0v) is 12.7. The molecule has 1 aromatic rings. The summed E-state index contributed by atoms with van der Waals surface area (Å²) in [5.41, 5.74) is 6.02. The standard InChI is InChI=1S/C15H25N3S/c1-2-3-4-5-6-8-13-11-17-15(16)18(13)12-14-9-7-10-19-14/h7,9-10,13H,2-6,8,11-12H2,1H3,(H2,16,17). The Balaban J connectivity index is 1.76. The van der Waals surface area contributed by atoms with Crippen LogP contribution in [0.2, 0.25) is 0 Å². The number of hydrogen-bond acceptors (Lipinski definition) is 4. The summed E-state index contributed by atoms with van der Waals surface area (Å²) in [4.78, 5) is 8.07. The van der Waals surface area contributed by atoms with Crippen molar-refractivity contribution in [3.8, 4) is 0 Å². The average Bonchev–Trinajstić information content (AvgIpc) is 3.03. The van der Waals surface area contributed by atoms with Crippen molar-refractivity contribution < 1.29 is 0 Å². The Hall–Kier alpha value is -1.03. The van der Waals surface area contributed by atoms with E-state index in [2.05, 4.69) is 34.3 Å². The highest BCUT2D eigenvalue weighted by atomic mass is 32.1. The van der Waals surface area contributed by atoms with Crippen LogP contribution in [0.4, 0.5) is 0 Å². The van der Waals surface area contributed by atoms with Crippen LogP contribution in [-0.2, 0) is 6.54 Å². The van der Waals surface area contributed by atoms with Crippen LogP contribution in [-0.4, -0.2) is 23.4 Å². The molecule has 0 saturated heterocycles. The molecule has 106 valence electrons. The fourth-order valence-corrected chi connectivity index (χ4v) is 3.29. The van der Waals surface area contributed by atoms with E-state index < -0.39 is 0 Å². The van der Waals surface area contributed by atoms with Crippen LogP contribution in [0.5, 0.6) is 0 Å². The molecular formula is C15H25N3S. The predicted molar refractivity (Wildman–Crippen MR) is 83.5 cm³/mol. The summed E-state index contributed by atoms with van der Waals surface area (Å²) >= 11 is 1.80. The third-order valence-corrected chi connectivity index (χ3v) is 4.61. The highest BCUT2D eigenvalue weighted by Crippen LogP contribution is 2.20. The van der Waals surface area contributed by atoms with Gasteiger partial charge in [-0.1, -0.05) is 45.1 Å². The molecule has 0 aromatic carbocycles. The third-order valence-electron chi connectivity index (χ3n) is 3.75. The molecule has 0 spiro atoms. The van der Waals surface area contributed by atoms with Crippen LogP contribution in [0.25, 0.3) is 0 Å². The van der Waals surface area contributed by atoms with E-state index in [1.165, 1.54) is 43.4 Å². The monoisotopic (exact) mass is 279 g/mol. The molecule has 2 N–H and O–H groups in total. The highest BCUT2D eigenvalue weighted by molar-refractivity contribution is 7.09. The molecule has 2 heterocycles. The largest absolute Gasteiger partial charge is 0.370 e. The van der Waals surface area contributed by atoms with E-state index >= 15 is 0 Å². The van der Waals surface area contributed by atoms with Gasteiger partial charge in [0.15, 0.2) is 5.96 Å². The summed E-state index contributed by atoms with van der Waals surface area (Å²) in [5, 5.41) is 2.12. The first-order valence-corrected chi connectivity index (χ1v) is 8.28. The minimum Gasteiger partial charge on any atom is -0.370 e. The first kappa shape index (κ1) is 14.4. The first-order chi connectivity index (χ1) is 9.31. The number of nitrogens with two attached hydrogens (primary N) is 1. The van der Waals surface area contributed by atoms with Crippen LogP contribution >= 0.6 is 11.3 Å². The number of thiophene rings is 1. The molecule has 19 heavy (non-hydrogen) atoms. The van der Waals surface area contributed by atoms with Gasteiger partial charge in [0, 0.05) is 4.88 Å². The first-order valence-electron chi connectivity index (χ1n) is 7.40. The van der Waals surface area contributed by atoms with Crippen LogP contribution in [0.3, 0.4) is 0 Å². The number of hydrogen-bond donors (Lipinski definition) is 1. The maximum Gasteiger partial charge on any atom is 0.191 e. The molecule has 0 amide bonds. The van der Waals surface area contributed by atoms with E-state index in [9.17, 15) is 0 Å². The molecule has 0 radical (unpaired) electrons. The lowest BCUT2D eigenvalue weighted by molar-refractivity contribution is 0.311. The topological polar surface area (TPSA) is 41.6 Å². The molecule has 0 fully saturated rings. The molecule has 1 atom stereocenters. The van der Waals surface area contributed by atoms with Gasteiger partial charge in [-0.3, -0.25) is 4.99 Å². The van der Waals surface area contributed by atoms with Crippen molar-refractivity contribution in [2.24, 2.45) is 10.7 Å². The zero-order chi connectivity index (χ0) is 13.5. The van der Waals surface area contributed by atoms with Crippen LogP contribution in [0.1, 0.15) is 50.3 Å². The lowest BCUT2D eigenvalue weighted by Gasteiger charge is -2.25. The highest BCUT2D eigenvalue weighted by Gasteiger charge is 2.25. The normalized spacial score (nSPS) is 18.9. The fraction of sp³-hybridized carbons (Fsp3) is 0.667. The summed E-state index contributed by atoms with van der Waals surface area (Å²) < 4.78 is 0. The molecule has 4 heteroatoms. The summed E-state index contributed by atoms with van der Waals surface area (Å²) in [7, 11) is 0. The van der Waals surface area contributed by atoms with Gasteiger partial charge in [-0.15, -0.1) is 11.3 Å². The lowest BCUT2D eigenvalue weighted by Crippen LogP contribution is -2.39. The molecule has 0 aliphatic carbocycles. The maximum absolute atomic E-state index is 6.02. The maximum atomic E-state index is 6.02. The molecule has 1 unspecified atom stereocenters. The molecule has 1 aliphatic rings. The Morgan fingerprint density at radius 2 is 2.21 bits per heavy atom. The Labute approximate surface area is 120 Å². The SMILES string of the molecule is CCCCCCCC1CN=C(N)N1Cc1cccs1.